The summed E-state index contributed by atoms with van der Waals surface area (Å²) >= 11 is 0. The van der Waals surface area contributed by atoms with Crippen molar-refractivity contribution in [1.82, 2.24) is 10.2 Å². The summed E-state index contributed by atoms with van der Waals surface area (Å²) in [7, 11) is 0. The molecule has 2 aliphatic rings. The first kappa shape index (κ1) is 10.8. The SMILES string of the molecule is C[C@H]1C(=O)NC[C@@H]2CN(Cc3ccco3)C[C@@H]21. The van der Waals surface area contributed by atoms with Crippen LogP contribution in [0, 0.1) is 17.8 Å². The summed E-state index contributed by atoms with van der Waals surface area (Å²) in [5.41, 5.74) is 0. The molecule has 0 aliphatic carbocycles. The Balaban J connectivity index is 1.66. The average molecular weight is 234 g/mol. The van der Waals surface area contributed by atoms with E-state index in [0.717, 1.165) is 31.9 Å². The molecule has 1 N–H and O–H groups in total. The zero-order valence-electron chi connectivity index (χ0n) is 10.1. The van der Waals surface area contributed by atoms with Crippen molar-refractivity contribution < 1.29 is 9.21 Å². The summed E-state index contributed by atoms with van der Waals surface area (Å²) in [5, 5.41) is 2.99. The average Bonchev–Trinajstić information content (AvgIpc) is 2.93. The first-order valence-corrected chi connectivity index (χ1v) is 6.26. The molecule has 92 valence electrons. The van der Waals surface area contributed by atoms with E-state index in [4.69, 9.17) is 4.42 Å². The molecule has 0 bridgehead atoms. The maximum atomic E-state index is 11.6. The van der Waals surface area contributed by atoms with Crippen molar-refractivity contribution in [2.45, 2.75) is 13.5 Å². The smallest absolute Gasteiger partial charge is 0.223 e. The molecule has 2 aliphatic heterocycles. The van der Waals surface area contributed by atoms with Crippen molar-refractivity contribution in [3.05, 3.63) is 24.2 Å². The number of likely N-dealkylation sites (tertiary alicyclic amines) is 1. The van der Waals surface area contributed by atoms with E-state index in [9.17, 15) is 4.79 Å². The zero-order valence-corrected chi connectivity index (χ0v) is 10.1. The van der Waals surface area contributed by atoms with Gasteiger partial charge in [-0.25, -0.2) is 0 Å². The Labute approximate surface area is 101 Å². The Morgan fingerprint density at radius 1 is 1.53 bits per heavy atom. The normalized spacial score (nSPS) is 33.5. The first-order valence-electron chi connectivity index (χ1n) is 6.26. The summed E-state index contributed by atoms with van der Waals surface area (Å²) < 4.78 is 5.37. The Kier molecular flexibility index (Phi) is 2.67. The maximum absolute atomic E-state index is 11.6. The van der Waals surface area contributed by atoms with Crippen molar-refractivity contribution in [2.75, 3.05) is 19.6 Å². The monoisotopic (exact) mass is 234 g/mol. The van der Waals surface area contributed by atoms with Gasteiger partial charge < -0.3 is 9.73 Å². The lowest BCUT2D eigenvalue weighted by atomic mass is 9.81. The summed E-state index contributed by atoms with van der Waals surface area (Å²) in [6, 6.07) is 3.93. The molecule has 3 rings (SSSR count). The summed E-state index contributed by atoms with van der Waals surface area (Å²) in [6.45, 7) is 5.82. The number of amides is 1. The van der Waals surface area contributed by atoms with Crippen LogP contribution in [0.1, 0.15) is 12.7 Å². The molecule has 2 fully saturated rings. The van der Waals surface area contributed by atoms with Crippen LogP contribution in [-0.2, 0) is 11.3 Å². The number of nitrogens with one attached hydrogen (secondary N) is 1. The number of hydrogen-bond donors (Lipinski definition) is 1. The molecule has 0 saturated carbocycles. The minimum atomic E-state index is 0.148. The summed E-state index contributed by atoms with van der Waals surface area (Å²) in [6.07, 6.45) is 1.71. The van der Waals surface area contributed by atoms with E-state index >= 15 is 0 Å². The minimum Gasteiger partial charge on any atom is -0.468 e. The molecule has 1 aromatic rings. The van der Waals surface area contributed by atoms with Gasteiger partial charge in [0.15, 0.2) is 0 Å². The number of nitrogens with zero attached hydrogens (tertiary/aromatic N) is 1. The van der Waals surface area contributed by atoms with Crippen LogP contribution in [0.25, 0.3) is 0 Å². The molecule has 1 aromatic heterocycles. The van der Waals surface area contributed by atoms with Crippen LogP contribution in [0.4, 0.5) is 0 Å². The fraction of sp³-hybridized carbons (Fsp3) is 0.615. The predicted octanol–water partition coefficient (Wildman–Crippen LogP) is 1.09. The Morgan fingerprint density at radius 2 is 2.41 bits per heavy atom. The third-order valence-electron chi connectivity index (χ3n) is 4.12. The fourth-order valence-corrected chi connectivity index (χ4v) is 3.11. The van der Waals surface area contributed by atoms with E-state index in [1.807, 2.05) is 19.1 Å². The minimum absolute atomic E-state index is 0.148. The van der Waals surface area contributed by atoms with Crippen LogP contribution in [0.3, 0.4) is 0 Å². The number of carbonyl (C=O) groups is 1. The molecule has 2 saturated heterocycles. The van der Waals surface area contributed by atoms with Gasteiger partial charge in [0.1, 0.15) is 5.76 Å². The number of furan rings is 1. The molecule has 3 atom stereocenters. The highest BCUT2D eigenvalue weighted by molar-refractivity contribution is 5.79. The van der Waals surface area contributed by atoms with Gasteiger partial charge in [-0.15, -0.1) is 0 Å². The Bertz CT molecular complexity index is 402. The van der Waals surface area contributed by atoms with Crippen LogP contribution in [0.5, 0.6) is 0 Å². The lowest BCUT2D eigenvalue weighted by Gasteiger charge is -2.30. The zero-order chi connectivity index (χ0) is 11.8. The quantitative estimate of drug-likeness (QED) is 0.833. The lowest BCUT2D eigenvalue weighted by molar-refractivity contribution is -0.128. The molecule has 3 heterocycles. The van der Waals surface area contributed by atoms with E-state index in [1.165, 1.54) is 0 Å². The standard InChI is InChI=1S/C13H18N2O2/c1-9-12-8-15(7-11-3-2-4-17-11)6-10(12)5-14-13(9)16/h2-4,9-10,12H,5-8H2,1H3,(H,14,16)/t9-,10-,12-/m1/s1. The van der Waals surface area contributed by atoms with E-state index < -0.39 is 0 Å². The second-order valence-corrected chi connectivity index (χ2v) is 5.23. The lowest BCUT2D eigenvalue weighted by Crippen LogP contribution is -2.46. The maximum Gasteiger partial charge on any atom is 0.223 e. The molecule has 0 radical (unpaired) electrons. The van der Waals surface area contributed by atoms with Crippen LogP contribution in [-0.4, -0.2) is 30.4 Å². The van der Waals surface area contributed by atoms with E-state index in [2.05, 4.69) is 10.2 Å². The fourth-order valence-electron chi connectivity index (χ4n) is 3.11. The van der Waals surface area contributed by atoms with Gasteiger partial charge in [0, 0.05) is 25.6 Å². The second kappa shape index (κ2) is 4.18. The van der Waals surface area contributed by atoms with Gasteiger partial charge in [0.25, 0.3) is 0 Å². The third-order valence-corrected chi connectivity index (χ3v) is 4.12. The van der Waals surface area contributed by atoms with Crippen molar-refractivity contribution in [3.63, 3.8) is 0 Å². The van der Waals surface area contributed by atoms with E-state index in [0.29, 0.717) is 11.8 Å². The highest BCUT2D eigenvalue weighted by Crippen LogP contribution is 2.33. The van der Waals surface area contributed by atoms with Crippen molar-refractivity contribution in [2.24, 2.45) is 17.8 Å². The van der Waals surface area contributed by atoms with Crippen LogP contribution < -0.4 is 5.32 Å². The van der Waals surface area contributed by atoms with Crippen molar-refractivity contribution in [1.29, 1.82) is 0 Å². The van der Waals surface area contributed by atoms with E-state index in [1.54, 1.807) is 6.26 Å². The summed E-state index contributed by atoms with van der Waals surface area (Å²) in [4.78, 5) is 14.0. The van der Waals surface area contributed by atoms with E-state index in [-0.39, 0.29) is 11.8 Å². The summed E-state index contributed by atoms with van der Waals surface area (Å²) in [5.74, 6) is 2.49. The van der Waals surface area contributed by atoms with Crippen molar-refractivity contribution >= 4 is 5.91 Å². The molecule has 4 nitrogen and oxygen atoms in total. The van der Waals surface area contributed by atoms with Crippen LogP contribution in [0.2, 0.25) is 0 Å². The number of carbonyl (C=O) groups excluding carboxylic acids is 1. The highest BCUT2D eigenvalue weighted by Gasteiger charge is 2.41. The number of fused-ring (bicyclic) bond motifs is 1. The molecule has 1 amide bonds. The predicted molar refractivity (Wildman–Crippen MR) is 63.1 cm³/mol. The molecule has 17 heavy (non-hydrogen) atoms. The first-order chi connectivity index (χ1) is 8.24. The number of rotatable bonds is 2. The number of piperidine rings is 1. The largest absolute Gasteiger partial charge is 0.468 e. The molecule has 0 unspecified atom stereocenters. The molecular weight excluding hydrogens is 216 g/mol. The van der Waals surface area contributed by atoms with Crippen molar-refractivity contribution in [3.8, 4) is 0 Å². The second-order valence-electron chi connectivity index (χ2n) is 5.23. The van der Waals surface area contributed by atoms with Gasteiger partial charge in [-0.1, -0.05) is 6.92 Å². The molecule has 0 aromatic carbocycles. The van der Waals surface area contributed by atoms with Gasteiger partial charge in [-0.05, 0) is 24.0 Å². The number of hydrogen-bond acceptors (Lipinski definition) is 3. The van der Waals surface area contributed by atoms with Gasteiger partial charge >= 0.3 is 0 Å². The van der Waals surface area contributed by atoms with Crippen LogP contribution >= 0.6 is 0 Å². The Morgan fingerprint density at radius 3 is 3.18 bits per heavy atom. The van der Waals surface area contributed by atoms with Gasteiger partial charge in [-0.3, -0.25) is 9.69 Å². The topological polar surface area (TPSA) is 45.5 Å². The molecule has 4 heteroatoms. The van der Waals surface area contributed by atoms with Gasteiger partial charge in [0.05, 0.1) is 12.8 Å². The molecule has 0 spiro atoms. The van der Waals surface area contributed by atoms with Crippen LogP contribution in [0.15, 0.2) is 22.8 Å². The van der Waals surface area contributed by atoms with Gasteiger partial charge in [-0.2, -0.15) is 0 Å². The third kappa shape index (κ3) is 1.97. The Hall–Kier alpha value is -1.29. The van der Waals surface area contributed by atoms with Gasteiger partial charge in [0.2, 0.25) is 5.91 Å². The highest BCUT2D eigenvalue weighted by atomic mass is 16.3. The molecular formula is C13H18N2O2.